The number of amidine groups is 1. The van der Waals surface area contributed by atoms with E-state index in [1.807, 2.05) is 11.0 Å². The molecule has 6 heteroatoms. The minimum Gasteiger partial charge on any atom is -0.356 e. The van der Waals surface area contributed by atoms with Gasteiger partial charge in [0, 0.05) is 43.2 Å². The highest BCUT2D eigenvalue weighted by Gasteiger charge is 2.34. The van der Waals surface area contributed by atoms with Crippen LogP contribution in [0.5, 0.6) is 0 Å². The molecule has 0 bridgehead atoms. The fourth-order valence-corrected chi connectivity index (χ4v) is 3.36. The van der Waals surface area contributed by atoms with Gasteiger partial charge in [0.15, 0.2) is 0 Å². The molecule has 5 nitrogen and oxygen atoms in total. The average molecular weight is 327 g/mol. The number of hydrogen-bond acceptors (Lipinski definition) is 4. The molecular formula is C18H22FN5. The quantitative estimate of drug-likeness (QED) is 0.505. The van der Waals surface area contributed by atoms with Crippen LogP contribution in [0.15, 0.2) is 24.3 Å². The number of nitrogens with one attached hydrogen (secondary N) is 1. The zero-order chi connectivity index (χ0) is 16.8. The maximum atomic E-state index is 13.6. The average Bonchev–Trinajstić information content (AvgIpc) is 3.30. The van der Waals surface area contributed by atoms with Crippen LogP contribution >= 0.6 is 0 Å². The maximum absolute atomic E-state index is 13.6. The Morgan fingerprint density at radius 2 is 2.00 bits per heavy atom. The van der Waals surface area contributed by atoms with Crippen molar-refractivity contribution in [2.24, 2.45) is 5.73 Å². The van der Waals surface area contributed by atoms with Gasteiger partial charge in [-0.25, -0.2) is 9.37 Å². The van der Waals surface area contributed by atoms with Gasteiger partial charge in [0.05, 0.1) is 11.1 Å². The first-order chi connectivity index (χ1) is 11.5. The van der Waals surface area contributed by atoms with Gasteiger partial charge in [-0.05, 0) is 38.0 Å². The second-order valence-corrected chi connectivity index (χ2v) is 6.87. The molecule has 0 radical (unpaired) electrons. The Balaban J connectivity index is 1.79. The zero-order valence-electron chi connectivity index (χ0n) is 13.8. The lowest BCUT2D eigenvalue weighted by atomic mass is 10.0. The molecule has 3 heterocycles. The van der Waals surface area contributed by atoms with Crippen molar-refractivity contribution in [1.82, 2.24) is 9.88 Å². The number of rotatable bonds is 2. The van der Waals surface area contributed by atoms with Crippen molar-refractivity contribution in [2.75, 3.05) is 24.5 Å². The Kier molecular flexibility index (Phi) is 3.64. The number of pyridine rings is 1. The summed E-state index contributed by atoms with van der Waals surface area (Å²) in [5.74, 6) is 0.999. The molecule has 2 saturated heterocycles. The number of hydrogen-bond donors (Lipinski definition) is 2. The number of halogens is 1. The minimum absolute atomic E-state index is 0.231. The Morgan fingerprint density at radius 1 is 1.29 bits per heavy atom. The Bertz CT molecular complexity index is 797. The van der Waals surface area contributed by atoms with E-state index in [0.717, 1.165) is 49.2 Å². The molecule has 1 aromatic heterocycles. The lowest BCUT2D eigenvalue weighted by Gasteiger charge is -2.32. The van der Waals surface area contributed by atoms with Crippen LogP contribution in [0.3, 0.4) is 0 Å². The Hall–Kier alpha value is -2.21. The van der Waals surface area contributed by atoms with E-state index in [4.69, 9.17) is 16.1 Å². The van der Waals surface area contributed by atoms with Crippen LogP contribution in [0.2, 0.25) is 0 Å². The zero-order valence-corrected chi connectivity index (χ0v) is 13.8. The van der Waals surface area contributed by atoms with Crippen molar-refractivity contribution in [2.45, 2.75) is 31.8 Å². The van der Waals surface area contributed by atoms with Crippen LogP contribution in [-0.2, 0) is 0 Å². The number of nitrogens with two attached hydrogens (primary N) is 1. The van der Waals surface area contributed by atoms with Crippen molar-refractivity contribution < 1.29 is 4.39 Å². The first-order valence-electron chi connectivity index (χ1n) is 8.49. The SMILES string of the molecule is CC1CN1C(=N)c1cc2ccc(F)cc2nc1N1CCC(N)CC1. The van der Waals surface area contributed by atoms with Crippen LogP contribution in [0, 0.1) is 11.2 Å². The molecule has 126 valence electrons. The van der Waals surface area contributed by atoms with E-state index in [0.29, 0.717) is 17.4 Å². The van der Waals surface area contributed by atoms with Crippen LogP contribution < -0.4 is 10.6 Å². The van der Waals surface area contributed by atoms with Crippen molar-refractivity contribution in [3.05, 3.63) is 35.6 Å². The third kappa shape index (κ3) is 2.71. The van der Waals surface area contributed by atoms with Gasteiger partial charge < -0.3 is 15.5 Å². The molecule has 1 atom stereocenters. The minimum atomic E-state index is -0.288. The molecule has 2 fully saturated rings. The highest BCUT2D eigenvalue weighted by atomic mass is 19.1. The standard InChI is InChI=1S/C18H22FN5/c1-11-10-24(11)17(21)15-8-12-2-3-13(19)9-16(12)22-18(15)23-6-4-14(20)5-7-23/h2-3,8-9,11,14,21H,4-7,10,20H2,1H3. The van der Waals surface area contributed by atoms with Gasteiger partial charge >= 0.3 is 0 Å². The van der Waals surface area contributed by atoms with Gasteiger partial charge in [-0.15, -0.1) is 0 Å². The van der Waals surface area contributed by atoms with E-state index >= 15 is 0 Å². The first-order valence-corrected chi connectivity index (χ1v) is 8.49. The second kappa shape index (κ2) is 5.70. The van der Waals surface area contributed by atoms with Crippen LogP contribution in [0.4, 0.5) is 10.2 Å². The smallest absolute Gasteiger partial charge is 0.140 e. The summed E-state index contributed by atoms with van der Waals surface area (Å²) in [7, 11) is 0. The number of anilines is 1. The summed E-state index contributed by atoms with van der Waals surface area (Å²) in [6.45, 7) is 4.66. The number of benzene rings is 1. The lowest BCUT2D eigenvalue weighted by Crippen LogP contribution is -2.41. The van der Waals surface area contributed by atoms with E-state index in [9.17, 15) is 4.39 Å². The molecule has 4 rings (SSSR count). The summed E-state index contributed by atoms with van der Waals surface area (Å²) in [6, 6.07) is 7.24. The van der Waals surface area contributed by atoms with E-state index < -0.39 is 0 Å². The van der Waals surface area contributed by atoms with E-state index in [1.54, 1.807) is 6.07 Å². The Labute approximate surface area is 140 Å². The maximum Gasteiger partial charge on any atom is 0.140 e. The van der Waals surface area contributed by atoms with Gasteiger partial charge in [-0.3, -0.25) is 5.41 Å². The number of fused-ring (bicyclic) bond motifs is 1. The molecule has 3 N–H and O–H groups in total. The molecule has 0 spiro atoms. The molecule has 0 aliphatic carbocycles. The lowest BCUT2D eigenvalue weighted by molar-refractivity contribution is 0.498. The fourth-order valence-electron chi connectivity index (χ4n) is 3.36. The van der Waals surface area contributed by atoms with Gasteiger partial charge in [-0.2, -0.15) is 0 Å². The third-order valence-electron chi connectivity index (χ3n) is 5.00. The highest BCUT2D eigenvalue weighted by Crippen LogP contribution is 2.30. The van der Waals surface area contributed by atoms with Crippen molar-refractivity contribution in [3.8, 4) is 0 Å². The van der Waals surface area contributed by atoms with Crippen molar-refractivity contribution >= 4 is 22.6 Å². The van der Waals surface area contributed by atoms with Crippen LogP contribution in [0.1, 0.15) is 25.3 Å². The summed E-state index contributed by atoms with van der Waals surface area (Å²) < 4.78 is 13.6. The summed E-state index contributed by atoms with van der Waals surface area (Å²) in [5, 5.41) is 9.42. The molecule has 1 unspecified atom stereocenters. The van der Waals surface area contributed by atoms with E-state index in [2.05, 4.69) is 11.8 Å². The van der Waals surface area contributed by atoms with E-state index in [1.165, 1.54) is 12.1 Å². The Morgan fingerprint density at radius 3 is 2.67 bits per heavy atom. The molecule has 1 aromatic carbocycles. The van der Waals surface area contributed by atoms with Crippen LogP contribution in [0.25, 0.3) is 10.9 Å². The predicted octanol–water partition coefficient (Wildman–Crippen LogP) is 2.33. The predicted molar refractivity (Wildman–Crippen MR) is 94.1 cm³/mol. The van der Waals surface area contributed by atoms with E-state index in [-0.39, 0.29) is 11.9 Å². The summed E-state index contributed by atoms with van der Waals surface area (Å²) in [5.41, 5.74) is 7.47. The van der Waals surface area contributed by atoms with Gasteiger partial charge in [0.25, 0.3) is 0 Å². The monoisotopic (exact) mass is 327 g/mol. The third-order valence-corrected chi connectivity index (χ3v) is 5.00. The molecule has 2 aliphatic heterocycles. The van der Waals surface area contributed by atoms with Gasteiger partial charge in [0.1, 0.15) is 17.5 Å². The number of nitrogens with zero attached hydrogens (tertiary/aromatic N) is 3. The van der Waals surface area contributed by atoms with Crippen molar-refractivity contribution in [1.29, 1.82) is 5.41 Å². The molecular weight excluding hydrogens is 305 g/mol. The topological polar surface area (TPSA) is 69.0 Å². The number of aromatic nitrogens is 1. The van der Waals surface area contributed by atoms with Crippen molar-refractivity contribution in [3.63, 3.8) is 0 Å². The van der Waals surface area contributed by atoms with Gasteiger partial charge in [0.2, 0.25) is 0 Å². The number of piperidine rings is 1. The highest BCUT2D eigenvalue weighted by molar-refractivity contribution is 6.05. The fraction of sp³-hybridized carbons (Fsp3) is 0.444. The summed E-state index contributed by atoms with van der Waals surface area (Å²) in [4.78, 5) is 8.95. The summed E-state index contributed by atoms with van der Waals surface area (Å²) >= 11 is 0. The van der Waals surface area contributed by atoms with Crippen LogP contribution in [-0.4, -0.2) is 47.4 Å². The van der Waals surface area contributed by atoms with Gasteiger partial charge in [-0.1, -0.05) is 0 Å². The molecule has 24 heavy (non-hydrogen) atoms. The summed E-state index contributed by atoms with van der Waals surface area (Å²) in [6.07, 6.45) is 1.82. The molecule has 0 saturated carbocycles. The molecule has 0 amide bonds. The second-order valence-electron chi connectivity index (χ2n) is 6.87. The largest absolute Gasteiger partial charge is 0.356 e. The first kappa shape index (κ1) is 15.3. The molecule has 2 aliphatic rings. The molecule has 2 aromatic rings. The normalized spacial score (nSPS) is 21.4.